The first kappa shape index (κ1) is 20.0. The lowest BCUT2D eigenvalue weighted by Crippen LogP contribution is -2.25. The van der Waals surface area contributed by atoms with Gasteiger partial charge < -0.3 is 0 Å². The Kier molecular flexibility index (Phi) is 10.7. The maximum atomic E-state index is 2.46. The molecule has 0 aliphatic rings. The van der Waals surface area contributed by atoms with Crippen molar-refractivity contribution in [3.63, 3.8) is 0 Å². The molecule has 122 valence electrons. The van der Waals surface area contributed by atoms with Crippen LogP contribution in [0.15, 0.2) is 0 Å². The zero-order chi connectivity index (χ0) is 15.6. The smallest absolute Gasteiger partial charge is 0.0295 e. The van der Waals surface area contributed by atoms with Crippen LogP contribution in [-0.2, 0) is 0 Å². The van der Waals surface area contributed by atoms with Crippen LogP contribution in [0.4, 0.5) is 0 Å². The second-order valence-electron chi connectivity index (χ2n) is 8.19. The highest BCUT2D eigenvalue weighted by atomic mass is 14.4. The normalized spacial score (nSPS) is 14.2. The molecule has 0 aliphatic carbocycles. The molecule has 0 aliphatic heterocycles. The SMILES string of the molecule is CCCCC(CCC(C)C)(CCC(C)C)CC(C)CC. The fourth-order valence-corrected chi connectivity index (χ4v) is 3.31. The highest BCUT2D eigenvalue weighted by molar-refractivity contribution is 4.82. The first-order chi connectivity index (χ1) is 9.35. The van der Waals surface area contributed by atoms with Gasteiger partial charge in [0.2, 0.25) is 0 Å². The van der Waals surface area contributed by atoms with Gasteiger partial charge in [-0.05, 0) is 48.9 Å². The van der Waals surface area contributed by atoms with Crippen LogP contribution < -0.4 is 0 Å². The van der Waals surface area contributed by atoms with E-state index in [9.17, 15) is 0 Å². The molecule has 0 heteroatoms. The summed E-state index contributed by atoms with van der Waals surface area (Å²) in [6.07, 6.45) is 12.8. The lowest BCUT2D eigenvalue weighted by Gasteiger charge is -2.38. The zero-order valence-corrected chi connectivity index (χ0v) is 15.6. The molecule has 0 fully saturated rings. The minimum Gasteiger partial charge on any atom is -0.0654 e. The highest BCUT2D eigenvalue weighted by Gasteiger charge is 2.30. The summed E-state index contributed by atoms with van der Waals surface area (Å²) >= 11 is 0. The Labute approximate surface area is 130 Å². The molecular formula is C20H42. The van der Waals surface area contributed by atoms with E-state index in [1.807, 2.05) is 0 Å². The van der Waals surface area contributed by atoms with Crippen LogP contribution in [0.1, 0.15) is 106 Å². The van der Waals surface area contributed by atoms with Crippen molar-refractivity contribution >= 4 is 0 Å². The molecule has 1 unspecified atom stereocenters. The summed E-state index contributed by atoms with van der Waals surface area (Å²) in [5, 5.41) is 0. The Bertz CT molecular complexity index is 202. The third-order valence-corrected chi connectivity index (χ3v) is 5.04. The fraction of sp³-hybridized carbons (Fsp3) is 1.00. The highest BCUT2D eigenvalue weighted by Crippen LogP contribution is 2.43. The third kappa shape index (κ3) is 9.03. The maximum Gasteiger partial charge on any atom is -0.0295 e. The fourth-order valence-electron chi connectivity index (χ4n) is 3.31. The van der Waals surface area contributed by atoms with Gasteiger partial charge in [0.25, 0.3) is 0 Å². The summed E-state index contributed by atoms with van der Waals surface area (Å²) in [6.45, 7) is 16.7. The molecule has 0 amide bonds. The number of rotatable bonds is 12. The van der Waals surface area contributed by atoms with Crippen molar-refractivity contribution in [1.29, 1.82) is 0 Å². The summed E-state index contributed by atoms with van der Waals surface area (Å²) < 4.78 is 0. The predicted octanol–water partition coefficient (Wildman–Crippen LogP) is 7.47. The van der Waals surface area contributed by atoms with E-state index in [0.717, 1.165) is 17.8 Å². The van der Waals surface area contributed by atoms with Gasteiger partial charge in [0.15, 0.2) is 0 Å². The van der Waals surface area contributed by atoms with Gasteiger partial charge in [0, 0.05) is 0 Å². The van der Waals surface area contributed by atoms with Crippen molar-refractivity contribution in [1.82, 2.24) is 0 Å². The largest absolute Gasteiger partial charge is 0.0654 e. The van der Waals surface area contributed by atoms with Crippen molar-refractivity contribution in [3.8, 4) is 0 Å². The van der Waals surface area contributed by atoms with Crippen molar-refractivity contribution in [2.24, 2.45) is 23.2 Å². The molecular weight excluding hydrogens is 240 g/mol. The zero-order valence-electron chi connectivity index (χ0n) is 15.6. The molecule has 20 heavy (non-hydrogen) atoms. The van der Waals surface area contributed by atoms with E-state index in [-0.39, 0.29) is 0 Å². The lowest BCUT2D eigenvalue weighted by molar-refractivity contribution is 0.140. The molecule has 0 N–H and O–H groups in total. The van der Waals surface area contributed by atoms with Crippen LogP contribution in [0, 0.1) is 23.2 Å². The Morgan fingerprint density at radius 2 is 1.25 bits per heavy atom. The van der Waals surface area contributed by atoms with E-state index in [1.165, 1.54) is 57.8 Å². The van der Waals surface area contributed by atoms with Crippen LogP contribution >= 0.6 is 0 Å². The number of unbranched alkanes of at least 4 members (excludes halogenated alkanes) is 1. The molecule has 0 heterocycles. The van der Waals surface area contributed by atoms with Crippen LogP contribution in [0.2, 0.25) is 0 Å². The molecule has 0 rings (SSSR count). The van der Waals surface area contributed by atoms with E-state index in [4.69, 9.17) is 0 Å². The van der Waals surface area contributed by atoms with Crippen molar-refractivity contribution < 1.29 is 0 Å². The molecule has 0 nitrogen and oxygen atoms in total. The first-order valence-electron chi connectivity index (χ1n) is 9.35. The summed E-state index contributed by atoms with van der Waals surface area (Å²) in [6, 6.07) is 0. The van der Waals surface area contributed by atoms with Gasteiger partial charge in [-0.25, -0.2) is 0 Å². The number of hydrogen-bond acceptors (Lipinski definition) is 0. The average molecular weight is 283 g/mol. The van der Waals surface area contributed by atoms with Crippen molar-refractivity contribution in [3.05, 3.63) is 0 Å². The van der Waals surface area contributed by atoms with Crippen LogP contribution in [0.3, 0.4) is 0 Å². The van der Waals surface area contributed by atoms with Crippen molar-refractivity contribution in [2.75, 3.05) is 0 Å². The van der Waals surface area contributed by atoms with Gasteiger partial charge in [-0.3, -0.25) is 0 Å². The van der Waals surface area contributed by atoms with E-state index in [0.29, 0.717) is 5.41 Å². The van der Waals surface area contributed by atoms with Crippen LogP contribution in [0.25, 0.3) is 0 Å². The van der Waals surface area contributed by atoms with E-state index in [2.05, 4.69) is 48.5 Å². The van der Waals surface area contributed by atoms with E-state index in [1.54, 1.807) is 0 Å². The molecule has 0 radical (unpaired) electrons. The predicted molar refractivity (Wildman–Crippen MR) is 94.2 cm³/mol. The Morgan fingerprint density at radius 1 is 0.750 bits per heavy atom. The molecule has 0 saturated carbocycles. The second kappa shape index (κ2) is 10.7. The van der Waals surface area contributed by atoms with E-state index < -0.39 is 0 Å². The molecule has 0 aromatic rings. The summed E-state index contributed by atoms with van der Waals surface area (Å²) in [5.41, 5.74) is 0.639. The van der Waals surface area contributed by atoms with Gasteiger partial charge in [0.1, 0.15) is 0 Å². The summed E-state index contributed by atoms with van der Waals surface area (Å²) in [5.74, 6) is 2.60. The minimum absolute atomic E-state index is 0.639. The summed E-state index contributed by atoms with van der Waals surface area (Å²) in [7, 11) is 0. The molecule has 0 aromatic carbocycles. The van der Waals surface area contributed by atoms with Gasteiger partial charge in [0.05, 0.1) is 0 Å². The van der Waals surface area contributed by atoms with Gasteiger partial charge in [-0.1, -0.05) is 80.6 Å². The standard InChI is InChI=1S/C20H42/c1-8-10-13-20(14-11-17(3)4,15-12-18(5)6)16-19(7)9-2/h17-19H,8-16H2,1-7H3. The van der Waals surface area contributed by atoms with Crippen LogP contribution in [0.5, 0.6) is 0 Å². The number of hydrogen-bond donors (Lipinski definition) is 0. The van der Waals surface area contributed by atoms with Gasteiger partial charge in [-0.2, -0.15) is 0 Å². The second-order valence-corrected chi connectivity index (χ2v) is 8.19. The van der Waals surface area contributed by atoms with Gasteiger partial charge in [-0.15, -0.1) is 0 Å². The first-order valence-corrected chi connectivity index (χ1v) is 9.35. The lowest BCUT2D eigenvalue weighted by atomic mass is 9.68. The Morgan fingerprint density at radius 3 is 1.60 bits per heavy atom. The monoisotopic (exact) mass is 282 g/mol. The Balaban J connectivity index is 4.83. The molecule has 1 atom stereocenters. The average Bonchev–Trinajstić information content (AvgIpc) is 2.40. The Hall–Kier alpha value is 0. The van der Waals surface area contributed by atoms with Crippen molar-refractivity contribution in [2.45, 2.75) is 106 Å². The minimum atomic E-state index is 0.639. The van der Waals surface area contributed by atoms with Crippen LogP contribution in [-0.4, -0.2) is 0 Å². The topological polar surface area (TPSA) is 0 Å². The van der Waals surface area contributed by atoms with E-state index >= 15 is 0 Å². The molecule has 0 spiro atoms. The third-order valence-electron chi connectivity index (χ3n) is 5.04. The quantitative estimate of drug-likeness (QED) is 0.348. The molecule has 0 aromatic heterocycles. The molecule has 0 bridgehead atoms. The maximum absolute atomic E-state index is 2.46. The molecule has 0 saturated heterocycles. The summed E-state index contributed by atoms with van der Waals surface area (Å²) in [4.78, 5) is 0. The van der Waals surface area contributed by atoms with Gasteiger partial charge >= 0.3 is 0 Å².